The van der Waals surface area contributed by atoms with Crippen LogP contribution in [0.25, 0.3) is 11.0 Å². The first-order chi connectivity index (χ1) is 27.5. The lowest BCUT2D eigenvalue weighted by Gasteiger charge is -2.27. The molecule has 0 unspecified atom stereocenters. The molecule has 302 valence electrons. The molecule has 9 rings (SSSR count). The molecule has 2 fully saturated rings. The highest BCUT2D eigenvalue weighted by Gasteiger charge is 2.30. The Hall–Kier alpha value is -4.92. The number of nitrogen functional groups attached to an aromatic ring is 1. The second kappa shape index (κ2) is 16.1. The third kappa shape index (κ3) is 7.62. The van der Waals surface area contributed by atoms with E-state index >= 15 is 0 Å². The van der Waals surface area contributed by atoms with Crippen LogP contribution in [-0.2, 0) is 22.7 Å². The van der Waals surface area contributed by atoms with Crippen LogP contribution in [0.5, 0.6) is 11.5 Å². The van der Waals surface area contributed by atoms with E-state index in [1.165, 1.54) is 46.2 Å². The number of benzene rings is 3. The largest absolute Gasteiger partial charge is 0.491 e. The molecule has 0 spiro atoms. The molecule has 2 aromatic heterocycles. The van der Waals surface area contributed by atoms with Crippen LogP contribution in [0.2, 0.25) is 0 Å². The Balaban J connectivity index is 0.000000222. The van der Waals surface area contributed by atoms with Gasteiger partial charge in [0.05, 0.1) is 45.8 Å². The Morgan fingerprint density at radius 2 is 1.39 bits per heavy atom. The molecule has 4 aliphatic heterocycles. The number of nitrogens with two attached hydrogens (primary N) is 1. The quantitative estimate of drug-likeness (QED) is 0.0886. The number of sulfone groups is 1. The fourth-order valence-electron chi connectivity index (χ4n) is 9.12. The van der Waals surface area contributed by atoms with E-state index in [-0.39, 0.29) is 4.90 Å². The number of rotatable bonds is 8. The zero-order chi connectivity index (χ0) is 39.8. The molecule has 0 amide bonds. The van der Waals surface area contributed by atoms with Gasteiger partial charge in [0.2, 0.25) is 5.95 Å². The van der Waals surface area contributed by atoms with Crippen LogP contribution in [0.1, 0.15) is 90.4 Å². The topological polar surface area (TPSA) is 181 Å². The first-order valence-corrected chi connectivity index (χ1v) is 21.9. The number of fused-ring (bicyclic) bond motifs is 3. The van der Waals surface area contributed by atoms with Gasteiger partial charge in [0, 0.05) is 29.7 Å². The molecule has 0 atom stereocenters. The van der Waals surface area contributed by atoms with E-state index in [0.717, 1.165) is 87.0 Å². The molecular formula is C43H55N9O4S. The van der Waals surface area contributed by atoms with Crippen LogP contribution in [-0.4, -0.2) is 73.2 Å². The number of H-pyrrole nitrogens is 1. The van der Waals surface area contributed by atoms with Crippen molar-refractivity contribution in [3.63, 3.8) is 0 Å². The number of aryl methyl sites for hydroxylation is 3. The molecule has 4 aliphatic rings. The molecule has 7 N–H and O–H groups in total. The minimum absolute atomic E-state index is 0.225. The standard InChI is InChI=1S/C29H35N7O3S.C14H20N2O/c1-16(2)40(37,38)23-8-6-5-7-21(23)31-27-25-18(4)35-36-28(25)34-29(33-27)32-22-15-17(3)24(19-9-12-30-13-10-19)20-11-14-39-26(20)22;1-9-8-12(15)14-11(4-7-17-14)13(9)10-2-5-16-6-3-10/h5-8,15-16,19,30H,9-14H2,1-4H3,(H3,31,32,33,34,35,36);8,10,16H,2-7,15H2,1H3. The van der Waals surface area contributed by atoms with E-state index in [4.69, 9.17) is 20.2 Å². The van der Waals surface area contributed by atoms with Gasteiger partial charge in [0.15, 0.2) is 15.5 Å². The average Bonchev–Trinajstić information content (AvgIpc) is 3.97. The minimum Gasteiger partial charge on any atom is -0.491 e. The van der Waals surface area contributed by atoms with Crippen molar-refractivity contribution < 1.29 is 17.9 Å². The highest BCUT2D eigenvalue weighted by molar-refractivity contribution is 7.92. The van der Waals surface area contributed by atoms with Crippen molar-refractivity contribution in [1.82, 2.24) is 30.8 Å². The van der Waals surface area contributed by atoms with E-state index in [0.29, 0.717) is 46.9 Å². The molecule has 0 aliphatic carbocycles. The summed E-state index contributed by atoms with van der Waals surface area (Å²) >= 11 is 0. The lowest BCUT2D eigenvalue weighted by Crippen LogP contribution is -2.27. The number of aromatic amines is 1. The molecule has 14 heteroatoms. The maximum atomic E-state index is 13.1. The summed E-state index contributed by atoms with van der Waals surface area (Å²) < 4.78 is 38.0. The van der Waals surface area contributed by atoms with Gasteiger partial charge in [0.25, 0.3) is 0 Å². The van der Waals surface area contributed by atoms with Crippen LogP contribution in [0.15, 0.2) is 41.3 Å². The Morgan fingerprint density at radius 1 is 0.789 bits per heavy atom. The van der Waals surface area contributed by atoms with Crippen molar-refractivity contribution in [3.05, 3.63) is 75.5 Å². The maximum Gasteiger partial charge on any atom is 0.231 e. The summed E-state index contributed by atoms with van der Waals surface area (Å²) in [6.07, 6.45) is 6.63. The van der Waals surface area contributed by atoms with Crippen molar-refractivity contribution in [3.8, 4) is 11.5 Å². The number of piperidine rings is 2. The van der Waals surface area contributed by atoms with E-state index in [1.54, 1.807) is 38.1 Å². The molecule has 0 radical (unpaired) electrons. The summed E-state index contributed by atoms with van der Waals surface area (Å²) in [6, 6.07) is 11.1. The van der Waals surface area contributed by atoms with E-state index in [1.807, 2.05) is 6.92 Å². The number of para-hydroxylation sites is 1. The number of nitrogens with one attached hydrogen (secondary N) is 5. The van der Waals surface area contributed by atoms with Gasteiger partial charge in [-0.05, 0) is 145 Å². The van der Waals surface area contributed by atoms with Crippen molar-refractivity contribution in [2.75, 3.05) is 55.8 Å². The summed E-state index contributed by atoms with van der Waals surface area (Å²) in [5, 5.41) is 21.1. The van der Waals surface area contributed by atoms with E-state index in [9.17, 15) is 8.42 Å². The average molecular weight is 794 g/mol. The van der Waals surface area contributed by atoms with Crippen molar-refractivity contribution in [2.24, 2.45) is 0 Å². The van der Waals surface area contributed by atoms with Gasteiger partial charge in [-0.1, -0.05) is 12.1 Å². The zero-order valence-electron chi connectivity index (χ0n) is 33.6. The zero-order valence-corrected chi connectivity index (χ0v) is 34.5. The summed E-state index contributed by atoms with van der Waals surface area (Å²) in [5.74, 6) is 3.85. The van der Waals surface area contributed by atoms with Gasteiger partial charge in [-0.2, -0.15) is 15.1 Å². The third-order valence-electron chi connectivity index (χ3n) is 11.9. The number of ether oxygens (including phenoxy) is 2. The number of nitrogens with zero attached hydrogens (tertiary/aromatic N) is 3. The summed E-state index contributed by atoms with van der Waals surface area (Å²) in [6.45, 7) is 15.4. The number of hydrogen-bond donors (Lipinski definition) is 6. The highest BCUT2D eigenvalue weighted by atomic mass is 32.2. The van der Waals surface area contributed by atoms with Gasteiger partial charge in [-0.25, -0.2) is 8.42 Å². The van der Waals surface area contributed by atoms with Gasteiger partial charge in [0.1, 0.15) is 17.3 Å². The lowest BCUT2D eigenvalue weighted by molar-refractivity contribution is 0.358. The van der Waals surface area contributed by atoms with E-state index in [2.05, 4.69) is 62.4 Å². The van der Waals surface area contributed by atoms with Crippen LogP contribution >= 0.6 is 0 Å². The second-order valence-corrected chi connectivity index (χ2v) is 18.5. The summed E-state index contributed by atoms with van der Waals surface area (Å²) in [7, 11) is -3.53. The number of aromatic nitrogens is 4. The Morgan fingerprint density at radius 3 is 2.04 bits per heavy atom. The van der Waals surface area contributed by atoms with Crippen LogP contribution in [0, 0.1) is 20.8 Å². The number of anilines is 5. The lowest BCUT2D eigenvalue weighted by atomic mass is 9.83. The SMILES string of the molecule is Cc1cc(N)c2c(c1C1CCNCC1)CCO2.Cc1cc(Nc2nc(Nc3ccccc3S(=O)(=O)C(C)C)c3c(C)[nH]nc3n2)c2c(c1C1CCNCC1)CCO2. The molecule has 57 heavy (non-hydrogen) atoms. The summed E-state index contributed by atoms with van der Waals surface area (Å²) in [4.78, 5) is 9.71. The van der Waals surface area contributed by atoms with Gasteiger partial charge in [-0.3, -0.25) is 5.10 Å². The molecule has 3 aromatic carbocycles. The second-order valence-electron chi connectivity index (χ2n) is 16.0. The monoisotopic (exact) mass is 793 g/mol. The minimum atomic E-state index is -3.53. The fourth-order valence-corrected chi connectivity index (χ4v) is 10.3. The van der Waals surface area contributed by atoms with Crippen LogP contribution in [0.3, 0.4) is 0 Å². The Bertz CT molecular complexity index is 2400. The molecule has 6 heterocycles. The first-order valence-electron chi connectivity index (χ1n) is 20.4. The number of hydrogen-bond acceptors (Lipinski definition) is 12. The predicted molar refractivity (Wildman–Crippen MR) is 227 cm³/mol. The first kappa shape index (κ1) is 38.9. The molecule has 5 aromatic rings. The molecule has 2 saturated heterocycles. The molecular weight excluding hydrogens is 739 g/mol. The maximum absolute atomic E-state index is 13.1. The molecule has 0 bridgehead atoms. The predicted octanol–water partition coefficient (Wildman–Crippen LogP) is 7.02. The Kier molecular flexibility index (Phi) is 11.0. The van der Waals surface area contributed by atoms with Crippen molar-refractivity contribution >= 4 is 49.7 Å². The summed E-state index contributed by atoms with van der Waals surface area (Å²) in [5.41, 5.74) is 17.6. The third-order valence-corrected chi connectivity index (χ3v) is 14.1. The van der Waals surface area contributed by atoms with Gasteiger partial charge < -0.3 is 36.5 Å². The van der Waals surface area contributed by atoms with E-state index < -0.39 is 15.1 Å². The Labute approximate surface area is 335 Å². The smallest absolute Gasteiger partial charge is 0.231 e. The molecule has 13 nitrogen and oxygen atoms in total. The highest BCUT2D eigenvalue weighted by Crippen LogP contribution is 2.45. The van der Waals surface area contributed by atoms with Crippen molar-refractivity contribution in [1.29, 1.82) is 0 Å². The fraction of sp³-hybridized carbons (Fsp3) is 0.465. The van der Waals surface area contributed by atoms with Gasteiger partial charge in [-0.15, -0.1) is 0 Å². The normalized spacial score (nSPS) is 17.1. The van der Waals surface area contributed by atoms with Crippen LogP contribution in [0.4, 0.5) is 28.8 Å². The molecule has 0 saturated carbocycles. The van der Waals surface area contributed by atoms with Crippen molar-refractivity contribution in [2.45, 2.75) is 95.1 Å². The van der Waals surface area contributed by atoms with Gasteiger partial charge >= 0.3 is 0 Å². The van der Waals surface area contributed by atoms with Crippen LogP contribution < -0.4 is 36.5 Å².